The number of carbonyl (C=O) groups is 3. The number of nitrogens with zero attached hydrogens (tertiary/aromatic N) is 2. The zero-order chi connectivity index (χ0) is 32.1. The number of amides is 3. The summed E-state index contributed by atoms with van der Waals surface area (Å²) >= 11 is 0. The molecule has 0 aromatic heterocycles. The van der Waals surface area contributed by atoms with Crippen molar-refractivity contribution < 1.29 is 24.6 Å². The topological polar surface area (TPSA) is 122 Å². The molecule has 0 aromatic rings. The molecule has 9 nitrogen and oxygen atoms in total. The molecule has 3 saturated carbocycles. The lowest BCUT2D eigenvalue weighted by atomic mass is 9.74. The highest BCUT2D eigenvalue weighted by molar-refractivity contribution is 5.83. The largest absolute Gasteiger partial charge is 0.393 e. The summed E-state index contributed by atoms with van der Waals surface area (Å²) in [5.74, 6) is 2.58. The van der Waals surface area contributed by atoms with Gasteiger partial charge in [-0.3, -0.25) is 19.8 Å². The van der Waals surface area contributed by atoms with Crippen LogP contribution in [0.15, 0.2) is 0 Å². The maximum atomic E-state index is 13.8. The van der Waals surface area contributed by atoms with Gasteiger partial charge in [0.15, 0.2) is 0 Å². The second-order valence-corrected chi connectivity index (χ2v) is 14.0. The number of hydrogen-bond donors (Lipinski definition) is 4. The molecule has 3 amide bonds. The summed E-state index contributed by atoms with van der Waals surface area (Å²) < 4.78 is 0. The predicted octanol–water partition coefficient (Wildman–Crippen LogP) is 4.02. The summed E-state index contributed by atoms with van der Waals surface area (Å²) in [6.45, 7) is 5.72. The fourth-order valence-corrected chi connectivity index (χ4v) is 7.72. The van der Waals surface area contributed by atoms with Crippen LogP contribution >= 0.6 is 0 Å². The van der Waals surface area contributed by atoms with Crippen molar-refractivity contribution in [2.75, 3.05) is 26.7 Å². The van der Waals surface area contributed by atoms with Crippen LogP contribution in [0.1, 0.15) is 117 Å². The Hall–Kier alpha value is -2.15. The summed E-state index contributed by atoms with van der Waals surface area (Å²) in [5, 5.41) is 26.2. The number of hydrogen-bond acceptors (Lipinski definition) is 6. The van der Waals surface area contributed by atoms with E-state index in [1.165, 1.54) is 19.3 Å². The molecule has 0 radical (unpaired) electrons. The minimum absolute atomic E-state index is 0.0353. The molecule has 0 aliphatic heterocycles. The lowest BCUT2D eigenvalue weighted by molar-refractivity contribution is -0.139. The summed E-state index contributed by atoms with van der Waals surface area (Å²) in [7, 11) is 1.76. The Morgan fingerprint density at radius 3 is 2.16 bits per heavy atom. The number of aliphatic hydroxyl groups excluding tert-OH is 2. The fraction of sp³-hybridized carbons (Fsp3) is 0.857. The number of aliphatic hydroxyl groups is 2. The van der Waals surface area contributed by atoms with Crippen LogP contribution in [-0.4, -0.2) is 82.8 Å². The van der Waals surface area contributed by atoms with E-state index < -0.39 is 18.1 Å². The monoisotopic (exact) mass is 616 g/mol. The second-order valence-electron chi connectivity index (χ2n) is 14.0. The van der Waals surface area contributed by atoms with Crippen molar-refractivity contribution >= 4 is 17.7 Å². The minimum atomic E-state index is -0.903. The summed E-state index contributed by atoms with van der Waals surface area (Å²) in [4.78, 5) is 41.9. The van der Waals surface area contributed by atoms with Crippen LogP contribution in [0.3, 0.4) is 0 Å². The molecule has 3 aliphatic carbocycles. The number of nitrogens with one attached hydrogen (secondary N) is 2. The van der Waals surface area contributed by atoms with E-state index >= 15 is 0 Å². The fourth-order valence-electron chi connectivity index (χ4n) is 7.72. The van der Waals surface area contributed by atoms with E-state index in [0.717, 1.165) is 51.4 Å². The van der Waals surface area contributed by atoms with Crippen LogP contribution in [-0.2, 0) is 14.4 Å². The first-order valence-corrected chi connectivity index (χ1v) is 17.5. The van der Waals surface area contributed by atoms with E-state index in [1.54, 1.807) is 12.1 Å². The third-order valence-electron chi connectivity index (χ3n) is 10.1. The Bertz CT molecular complexity index is 934. The Balaban J connectivity index is 1.65. The van der Waals surface area contributed by atoms with Gasteiger partial charge in [-0.15, -0.1) is 12.3 Å². The highest BCUT2D eigenvalue weighted by Crippen LogP contribution is 2.35. The van der Waals surface area contributed by atoms with Crippen molar-refractivity contribution in [1.82, 2.24) is 20.7 Å². The summed E-state index contributed by atoms with van der Waals surface area (Å²) in [6, 6.07) is -0.516. The molecule has 0 heterocycles. The van der Waals surface area contributed by atoms with Crippen molar-refractivity contribution in [3.8, 4) is 12.3 Å². The first-order valence-electron chi connectivity index (χ1n) is 17.5. The molecule has 5 unspecified atom stereocenters. The molecule has 3 aliphatic rings. The Kier molecular flexibility index (Phi) is 15.5. The molecule has 4 N–H and O–H groups in total. The normalized spacial score (nSPS) is 27.6. The van der Waals surface area contributed by atoms with E-state index in [2.05, 4.69) is 30.5 Å². The number of likely N-dealkylation sites (N-methyl/N-ethyl adjacent to an activating group) is 1. The van der Waals surface area contributed by atoms with Gasteiger partial charge in [-0.05, 0) is 88.9 Å². The maximum Gasteiger partial charge on any atom is 0.234 e. The molecular formula is C35H60N4O5. The van der Waals surface area contributed by atoms with Crippen LogP contribution in [0, 0.1) is 41.9 Å². The Morgan fingerprint density at radius 2 is 1.55 bits per heavy atom. The molecule has 0 saturated heterocycles. The smallest absolute Gasteiger partial charge is 0.234 e. The highest BCUT2D eigenvalue weighted by Gasteiger charge is 2.38. The van der Waals surface area contributed by atoms with E-state index in [-0.39, 0.29) is 48.1 Å². The third-order valence-corrected chi connectivity index (χ3v) is 10.1. The zero-order valence-electron chi connectivity index (χ0n) is 27.6. The number of hydrazine groups is 1. The number of terminal acetylenes is 1. The molecular weight excluding hydrogens is 556 g/mol. The van der Waals surface area contributed by atoms with Gasteiger partial charge in [0.2, 0.25) is 17.7 Å². The lowest BCUT2D eigenvalue weighted by Crippen LogP contribution is -2.53. The van der Waals surface area contributed by atoms with Gasteiger partial charge >= 0.3 is 0 Å². The van der Waals surface area contributed by atoms with Gasteiger partial charge in [0.1, 0.15) is 0 Å². The number of rotatable bonds is 15. The summed E-state index contributed by atoms with van der Waals surface area (Å²) in [6.07, 6.45) is 18.0. The standard InChI is InChI=1S/C35H60N4O5/c1-5-17-39(18-6-2)35(44)29-20-25(7-3)19-28(23-29)34(43)36-31(21-27-13-15-30(40)16-14-27)32(41)24-38(4)37-33(42)22-26-11-9-8-10-12-26/h3,25-32,40-41H,5-6,8-24H2,1-2,4H3,(H,36,43)(H,37,42). The van der Waals surface area contributed by atoms with Crippen molar-refractivity contribution in [2.24, 2.45) is 29.6 Å². The van der Waals surface area contributed by atoms with Crippen LogP contribution in [0.5, 0.6) is 0 Å². The van der Waals surface area contributed by atoms with E-state index in [1.807, 2.05) is 4.90 Å². The first-order chi connectivity index (χ1) is 21.1. The first kappa shape index (κ1) is 36.3. The predicted molar refractivity (Wildman–Crippen MR) is 173 cm³/mol. The van der Waals surface area contributed by atoms with Crippen LogP contribution < -0.4 is 10.7 Å². The van der Waals surface area contributed by atoms with Crippen LogP contribution in [0.25, 0.3) is 0 Å². The highest BCUT2D eigenvalue weighted by atomic mass is 16.3. The molecule has 0 spiro atoms. The molecule has 0 aromatic carbocycles. The average Bonchev–Trinajstić information content (AvgIpc) is 3.01. The van der Waals surface area contributed by atoms with Gasteiger partial charge < -0.3 is 20.4 Å². The molecule has 3 fully saturated rings. The summed E-state index contributed by atoms with van der Waals surface area (Å²) in [5.41, 5.74) is 2.93. The second kappa shape index (κ2) is 18.7. The van der Waals surface area contributed by atoms with Gasteiger partial charge in [0.05, 0.1) is 18.2 Å². The van der Waals surface area contributed by atoms with Crippen molar-refractivity contribution in [3.63, 3.8) is 0 Å². The molecule has 0 bridgehead atoms. The Labute approximate surface area is 266 Å². The van der Waals surface area contributed by atoms with Crippen molar-refractivity contribution in [3.05, 3.63) is 0 Å². The molecule has 5 atom stereocenters. The minimum Gasteiger partial charge on any atom is -0.393 e. The number of carbonyl (C=O) groups excluding carboxylic acids is 3. The van der Waals surface area contributed by atoms with Crippen molar-refractivity contribution in [2.45, 2.75) is 135 Å². The van der Waals surface area contributed by atoms with Gasteiger partial charge in [0.25, 0.3) is 0 Å². The third kappa shape index (κ3) is 11.7. The Morgan fingerprint density at radius 1 is 0.909 bits per heavy atom. The van der Waals surface area contributed by atoms with Gasteiger partial charge in [0, 0.05) is 50.9 Å². The quantitative estimate of drug-likeness (QED) is 0.163. The van der Waals surface area contributed by atoms with E-state index in [4.69, 9.17) is 6.42 Å². The van der Waals surface area contributed by atoms with Gasteiger partial charge in [-0.25, -0.2) is 5.01 Å². The SMILES string of the molecule is C#CC1CC(C(=O)NC(CC2CCC(O)CC2)C(O)CN(C)NC(=O)CC2CCCCC2)CC(C(=O)N(CCC)CCC)C1. The van der Waals surface area contributed by atoms with Gasteiger partial charge in [-0.2, -0.15) is 0 Å². The molecule has 3 rings (SSSR count). The molecule has 44 heavy (non-hydrogen) atoms. The van der Waals surface area contributed by atoms with Gasteiger partial charge in [-0.1, -0.05) is 33.1 Å². The average molecular weight is 617 g/mol. The molecule has 250 valence electrons. The lowest BCUT2D eigenvalue weighted by Gasteiger charge is -2.37. The molecule has 9 heteroatoms. The van der Waals surface area contributed by atoms with Crippen molar-refractivity contribution in [1.29, 1.82) is 0 Å². The van der Waals surface area contributed by atoms with E-state index in [0.29, 0.717) is 51.1 Å². The van der Waals surface area contributed by atoms with Crippen LogP contribution in [0.2, 0.25) is 0 Å². The van der Waals surface area contributed by atoms with Crippen LogP contribution in [0.4, 0.5) is 0 Å². The zero-order valence-corrected chi connectivity index (χ0v) is 27.6. The maximum absolute atomic E-state index is 13.8. The van der Waals surface area contributed by atoms with E-state index in [9.17, 15) is 24.6 Å².